The molecule has 80 valence electrons. The molecule has 0 aliphatic carbocycles. The van der Waals surface area contributed by atoms with Gasteiger partial charge >= 0.3 is 5.97 Å². The Hall–Kier alpha value is -0.320. The Morgan fingerprint density at radius 2 is 2.07 bits per heavy atom. The highest BCUT2D eigenvalue weighted by molar-refractivity contribution is 6.38. The molecule has 1 aliphatic heterocycles. The minimum absolute atomic E-state index is 0.296. The van der Waals surface area contributed by atoms with Crippen molar-refractivity contribution < 1.29 is 19.1 Å². The summed E-state index contributed by atoms with van der Waals surface area (Å²) < 4.78 is 9.85. The van der Waals surface area contributed by atoms with Gasteiger partial charge in [0.15, 0.2) is 5.78 Å². The van der Waals surface area contributed by atoms with Crippen LogP contribution >= 0.6 is 23.2 Å². The Bertz CT molecular complexity index is 256. The molecule has 1 rings (SSSR count). The summed E-state index contributed by atoms with van der Waals surface area (Å²) in [5.74, 6) is -0.818. The van der Waals surface area contributed by atoms with Gasteiger partial charge in [0.1, 0.15) is 16.9 Å². The van der Waals surface area contributed by atoms with E-state index in [0.717, 1.165) is 0 Å². The third-order valence-corrected chi connectivity index (χ3v) is 2.91. The first kappa shape index (κ1) is 11.8. The fourth-order valence-corrected chi connectivity index (χ4v) is 1.65. The zero-order chi connectivity index (χ0) is 10.9. The van der Waals surface area contributed by atoms with Crippen LogP contribution in [0.25, 0.3) is 0 Å². The normalized spacial score (nSPS) is 38.1. The highest BCUT2D eigenvalue weighted by Gasteiger charge is 2.43. The number of esters is 1. The van der Waals surface area contributed by atoms with Crippen LogP contribution in [0, 0.1) is 0 Å². The molecule has 0 aromatic heterocycles. The smallest absolute Gasteiger partial charge is 0.304 e. The predicted octanol–water partition coefficient (Wildman–Crippen LogP) is 1.08. The number of Topliss-reactive ketones (excluding diaryl/α,β-unsaturated/α-hetero) is 1. The first-order valence-corrected chi connectivity index (χ1v) is 4.95. The standard InChI is InChI=1S/C8H10Cl2O4/c1-3-7(12)5(9)6(10)8(13-3)14-4(2)11/h3,5-6,8H,1-2H3. The van der Waals surface area contributed by atoms with Crippen molar-refractivity contribution in [2.24, 2.45) is 0 Å². The number of ketones is 1. The van der Waals surface area contributed by atoms with Crippen molar-refractivity contribution in [1.29, 1.82) is 0 Å². The van der Waals surface area contributed by atoms with Gasteiger partial charge in [-0.15, -0.1) is 23.2 Å². The highest BCUT2D eigenvalue weighted by atomic mass is 35.5. The van der Waals surface area contributed by atoms with Crippen molar-refractivity contribution >= 4 is 35.0 Å². The number of rotatable bonds is 1. The first-order chi connectivity index (χ1) is 6.43. The summed E-state index contributed by atoms with van der Waals surface area (Å²) in [5, 5.41) is -1.73. The van der Waals surface area contributed by atoms with Crippen LogP contribution in [-0.4, -0.2) is 34.9 Å². The average Bonchev–Trinajstić information content (AvgIpc) is 2.10. The molecule has 0 radical (unpaired) electrons. The van der Waals surface area contributed by atoms with Gasteiger partial charge in [-0.05, 0) is 6.92 Å². The van der Waals surface area contributed by atoms with Crippen LogP contribution in [0.1, 0.15) is 13.8 Å². The van der Waals surface area contributed by atoms with Crippen LogP contribution in [0.5, 0.6) is 0 Å². The van der Waals surface area contributed by atoms with Gasteiger partial charge < -0.3 is 9.47 Å². The molecular formula is C8H10Cl2O4. The molecule has 6 heteroatoms. The van der Waals surface area contributed by atoms with E-state index in [2.05, 4.69) is 0 Å². The van der Waals surface area contributed by atoms with Crippen LogP contribution < -0.4 is 0 Å². The molecule has 0 spiro atoms. The lowest BCUT2D eigenvalue weighted by Crippen LogP contribution is -2.50. The summed E-state index contributed by atoms with van der Waals surface area (Å²) in [6, 6.07) is 0. The molecule has 1 aliphatic rings. The lowest BCUT2D eigenvalue weighted by atomic mass is 10.1. The lowest BCUT2D eigenvalue weighted by Gasteiger charge is -2.32. The molecule has 4 atom stereocenters. The molecule has 1 heterocycles. The van der Waals surface area contributed by atoms with E-state index in [1.54, 1.807) is 0 Å². The number of ether oxygens (including phenoxy) is 2. The van der Waals surface area contributed by atoms with E-state index < -0.39 is 29.1 Å². The number of alkyl halides is 2. The maximum atomic E-state index is 11.3. The van der Waals surface area contributed by atoms with Crippen LogP contribution in [-0.2, 0) is 19.1 Å². The maximum absolute atomic E-state index is 11.3. The van der Waals surface area contributed by atoms with Crippen LogP contribution in [0.2, 0.25) is 0 Å². The summed E-state index contributed by atoms with van der Waals surface area (Å²) >= 11 is 11.5. The second-order valence-corrected chi connectivity index (χ2v) is 3.98. The van der Waals surface area contributed by atoms with E-state index in [9.17, 15) is 9.59 Å². The summed E-state index contributed by atoms with van der Waals surface area (Å²) in [6.07, 6.45) is -1.65. The van der Waals surface area contributed by atoms with Crippen LogP contribution in [0.15, 0.2) is 0 Å². The summed E-state index contributed by atoms with van der Waals surface area (Å²) in [6.45, 7) is 2.77. The quantitative estimate of drug-likeness (QED) is 0.509. The van der Waals surface area contributed by atoms with Gasteiger partial charge in [0.25, 0.3) is 0 Å². The van der Waals surface area contributed by atoms with E-state index in [0.29, 0.717) is 0 Å². The SMILES string of the molecule is CC(=O)OC1OC(C)C(=O)C(Cl)C1Cl. The monoisotopic (exact) mass is 240 g/mol. The molecule has 1 fully saturated rings. The van der Waals surface area contributed by atoms with Gasteiger partial charge in [-0.1, -0.05) is 0 Å². The third kappa shape index (κ3) is 2.38. The van der Waals surface area contributed by atoms with Crippen LogP contribution in [0.3, 0.4) is 0 Å². The Kier molecular flexibility index (Phi) is 3.75. The fourth-order valence-electron chi connectivity index (χ4n) is 1.12. The van der Waals surface area contributed by atoms with Crippen molar-refractivity contribution in [1.82, 2.24) is 0 Å². The van der Waals surface area contributed by atoms with Gasteiger partial charge in [0.05, 0.1) is 0 Å². The summed E-state index contributed by atoms with van der Waals surface area (Å²) in [7, 11) is 0. The lowest BCUT2D eigenvalue weighted by molar-refractivity contribution is -0.196. The van der Waals surface area contributed by atoms with Gasteiger partial charge in [-0.3, -0.25) is 9.59 Å². The van der Waals surface area contributed by atoms with E-state index in [1.807, 2.05) is 0 Å². The number of carbonyl (C=O) groups is 2. The van der Waals surface area contributed by atoms with Crippen molar-refractivity contribution in [3.05, 3.63) is 0 Å². The van der Waals surface area contributed by atoms with Gasteiger partial charge in [0.2, 0.25) is 6.29 Å². The van der Waals surface area contributed by atoms with Crippen LogP contribution in [0.4, 0.5) is 0 Å². The molecule has 4 nitrogen and oxygen atoms in total. The van der Waals surface area contributed by atoms with Crippen molar-refractivity contribution in [2.75, 3.05) is 0 Å². The molecular weight excluding hydrogens is 231 g/mol. The minimum atomic E-state index is -0.954. The van der Waals surface area contributed by atoms with Gasteiger partial charge in [-0.25, -0.2) is 0 Å². The van der Waals surface area contributed by atoms with Crippen molar-refractivity contribution in [2.45, 2.75) is 37.0 Å². The molecule has 1 saturated heterocycles. The van der Waals surface area contributed by atoms with E-state index in [1.165, 1.54) is 13.8 Å². The topological polar surface area (TPSA) is 52.6 Å². The molecule has 4 unspecified atom stereocenters. The minimum Gasteiger partial charge on any atom is -0.434 e. The zero-order valence-corrected chi connectivity index (χ0v) is 9.21. The molecule has 0 aromatic carbocycles. The van der Waals surface area contributed by atoms with Gasteiger partial charge in [-0.2, -0.15) is 0 Å². The van der Waals surface area contributed by atoms with E-state index >= 15 is 0 Å². The Morgan fingerprint density at radius 3 is 2.57 bits per heavy atom. The molecule has 0 saturated carbocycles. The van der Waals surface area contributed by atoms with E-state index in [-0.39, 0.29) is 5.78 Å². The second-order valence-electron chi connectivity index (χ2n) is 3.00. The van der Waals surface area contributed by atoms with Gasteiger partial charge in [0, 0.05) is 6.92 Å². The number of halogens is 2. The van der Waals surface area contributed by atoms with E-state index in [4.69, 9.17) is 32.7 Å². The summed E-state index contributed by atoms with van der Waals surface area (Å²) in [5.41, 5.74) is 0. The Labute approximate surface area is 91.4 Å². The Morgan fingerprint density at radius 1 is 1.50 bits per heavy atom. The average molecular weight is 241 g/mol. The molecule has 0 amide bonds. The predicted molar refractivity (Wildman–Crippen MR) is 50.4 cm³/mol. The third-order valence-electron chi connectivity index (χ3n) is 1.83. The molecule has 0 N–H and O–H groups in total. The summed E-state index contributed by atoms with van der Waals surface area (Å²) in [4.78, 5) is 21.9. The maximum Gasteiger partial charge on any atom is 0.304 e. The van der Waals surface area contributed by atoms with Crippen molar-refractivity contribution in [3.63, 3.8) is 0 Å². The second kappa shape index (κ2) is 4.47. The number of hydrogen-bond acceptors (Lipinski definition) is 4. The molecule has 0 bridgehead atoms. The number of carbonyl (C=O) groups excluding carboxylic acids is 2. The molecule has 14 heavy (non-hydrogen) atoms. The number of hydrogen-bond donors (Lipinski definition) is 0. The van der Waals surface area contributed by atoms with Crippen molar-refractivity contribution in [3.8, 4) is 0 Å². The zero-order valence-electron chi connectivity index (χ0n) is 7.70. The highest BCUT2D eigenvalue weighted by Crippen LogP contribution is 2.26. The fraction of sp³-hybridized carbons (Fsp3) is 0.750. The first-order valence-electron chi connectivity index (χ1n) is 4.08. The molecule has 0 aromatic rings. The Balaban J connectivity index is 2.70. The largest absolute Gasteiger partial charge is 0.434 e.